The van der Waals surface area contributed by atoms with Crippen molar-refractivity contribution in [1.82, 2.24) is 9.97 Å². The molecule has 2 rings (SSSR count). The van der Waals surface area contributed by atoms with E-state index in [2.05, 4.69) is 37.7 Å². The van der Waals surface area contributed by atoms with Gasteiger partial charge >= 0.3 is 0 Å². The number of rotatable bonds is 6. The van der Waals surface area contributed by atoms with E-state index < -0.39 is 0 Å². The molecule has 2 N–H and O–H groups in total. The fourth-order valence-corrected chi connectivity index (χ4v) is 2.61. The van der Waals surface area contributed by atoms with Crippen molar-refractivity contribution in [2.24, 2.45) is 11.8 Å². The van der Waals surface area contributed by atoms with Gasteiger partial charge in [0, 0.05) is 36.6 Å². The molecule has 4 heteroatoms. The fourth-order valence-electron chi connectivity index (χ4n) is 2.61. The van der Waals surface area contributed by atoms with Crippen molar-refractivity contribution in [2.45, 2.75) is 39.5 Å². The molecule has 2 aromatic rings. The minimum Gasteiger partial charge on any atom is -0.396 e. The molecule has 2 atom stereocenters. The molecule has 0 aromatic carbocycles. The summed E-state index contributed by atoms with van der Waals surface area (Å²) in [6.45, 7) is 8.84. The first-order valence-electron chi connectivity index (χ1n) is 8.52. The van der Waals surface area contributed by atoms with Crippen LogP contribution in [0.25, 0.3) is 0 Å². The molecule has 0 saturated carbocycles. The maximum atomic E-state index is 9.13. The first-order valence-corrected chi connectivity index (χ1v) is 8.52. The number of aromatic nitrogens is 2. The Bertz CT molecular complexity index is 493. The fraction of sp³-hybridized carbons (Fsp3) is 0.500. The molecular formula is C20H30N2O2. The molecule has 0 amide bonds. The Morgan fingerprint density at radius 2 is 1.29 bits per heavy atom. The van der Waals surface area contributed by atoms with Crippen LogP contribution in [-0.2, 0) is 0 Å². The van der Waals surface area contributed by atoms with Crippen molar-refractivity contribution in [2.75, 3.05) is 13.2 Å². The third-order valence-corrected chi connectivity index (χ3v) is 4.25. The maximum absolute atomic E-state index is 9.13. The van der Waals surface area contributed by atoms with E-state index in [0.717, 1.165) is 5.56 Å². The highest BCUT2D eigenvalue weighted by molar-refractivity contribution is 5.16. The van der Waals surface area contributed by atoms with Crippen LogP contribution in [0, 0.1) is 11.8 Å². The van der Waals surface area contributed by atoms with Crippen LogP contribution in [0.3, 0.4) is 0 Å². The summed E-state index contributed by atoms with van der Waals surface area (Å²) < 4.78 is 0. The summed E-state index contributed by atoms with van der Waals surface area (Å²) >= 11 is 0. The van der Waals surface area contributed by atoms with E-state index in [-0.39, 0.29) is 25.0 Å². The van der Waals surface area contributed by atoms with E-state index >= 15 is 0 Å². The normalized spacial score (nSPS) is 13.3. The monoisotopic (exact) mass is 330 g/mol. The molecule has 0 saturated heterocycles. The first kappa shape index (κ1) is 20.3. The number of hydrogen-bond donors (Lipinski definition) is 2. The van der Waals surface area contributed by atoms with E-state index in [0.29, 0.717) is 11.8 Å². The molecule has 0 aliphatic carbocycles. The summed E-state index contributed by atoms with van der Waals surface area (Å²) in [4.78, 5) is 7.96. The second-order valence-electron chi connectivity index (χ2n) is 6.63. The summed E-state index contributed by atoms with van der Waals surface area (Å²) in [6, 6.07) is 7.83. The molecule has 2 aromatic heterocycles. The van der Waals surface area contributed by atoms with Crippen molar-refractivity contribution >= 4 is 0 Å². The van der Waals surface area contributed by atoms with Gasteiger partial charge in [-0.1, -0.05) is 33.8 Å². The zero-order valence-electron chi connectivity index (χ0n) is 15.1. The van der Waals surface area contributed by atoms with Gasteiger partial charge in [-0.25, -0.2) is 0 Å². The Balaban J connectivity index is 0.000000240. The highest BCUT2D eigenvalue weighted by Gasteiger charge is 2.14. The largest absolute Gasteiger partial charge is 0.396 e. The highest BCUT2D eigenvalue weighted by Crippen LogP contribution is 2.23. The molecule has 0 aliphatic heterocycles. The zero-order valence-corrected chi connectivity index (χ0v) is 15.1. The molecule has 2 unspecified atom stereocenters. The van der Waals surface area contributed by atoms with Crippen LogP contribution in [0.1, 0.15) is 50.7 Å². The predicted molar refractivity (Wildman–Crippen MR) is 97.8 cm³/mol. The van der Waals surface area contributed by atoms with Crippen LogP contribution in [0.5, 0.6) is 0 Å². The maximum Gasteiger partial charge on any atom is 0.0502 e. The van der Waals surface area contributed by atoms with Crippen LogP contribution in [-0.4, -0.2) is 33.4 Å². The average molecular weight is 330 g/mol. The van der Waals surface area contributed by atoms with Crippen molar-refractivity contribution < 1.29 is 10.2 Å². The third-order valence-electron chi connectivity index (χ3n) is 4.25. The van der Waals surface area contributed by atoms with Gasteiger partial charge in [0.2, 0.25) is 0 Å². The van der Waals surface area contributed by atoms with Gasteiger partial charge in [-0.2, -0.15) is 0 Å². The van der Waals surface area contributed by atoms with Gasteiger partial charge in [0.15, 0.2) is 0 Å². The number of nitrogens with zero attached hydrogens (tertiary/aromatic N) is 2. The summed E-state index contributed by atoms with van der Waals surface area (Å²) in [5, 5.41) is 18.3. The lowest BCUT2D eigenvalue weighted by molar-refractivity contribution is 0.237. The topological polar surface area (TPSA) is 66.2 Å². The van der Waals surface area contributed by atoms with Crippen molar-refractivity contribution in [1.29, 1.82) is 0 Å². The van der Waals surface area contributed by atoms with E-state index in [4.69, 9.17) is 10.2 Å². The molecule has 2 heterocycles. The number of hydrogen-bond acceptors (Lipinski definition) is 4. The summed E-state index contributed by atoms with van der Waals surface area (Å²) in [7, 11) is 0. The van der Waals surface area contributed by atoms with Gasteiger partial charge in [0.1, 0.15) is 0 Å². The van der Waals surface area contributed by atoms with Gasteiger partial charge in [-0.15, -0.1) is 0 Å². The smallest absolute Gasteiger partial charge is 0.0502 e. The lowest BCUT2D eigenvalue weighted by Crippen LogP contribution is -2.11. The van der Waals surface area contributed by atoms with Crippen LogP contribution < -0.4 is 0 Å². The Labute approximate surface area is 145 Å². The lowest BCUT2D eigenvalue weighted by Gasteiger charge is -2.17. The number of aliphatic hydroxyl groups is 2. The van der Waals surface area contributed by atoms with Gasteiger partial charge in [-0.05, 0) is 41.2 Å². The second kappa shape index (κ2) is 10.9. The number of aliphatic hydroxyl groups excluding tert-OH is 2. The standard InChI is InChI=1S/2C10H15NO/c1-8(2)10(7-12)9-3-5-11-6-4-9;1-8(2)10(7-12)9-4-3-5-11-6-9/h2*3-6,8,10,12H,7H2,1-2H3. The Morgan fingerprint density at radius 3 is 1.71 bits per heavy atom. The Hall–Kier alpha value is -1.78. The molecular weight excluding hydrogens is 300 g/mol. The molecule has 0 bridgehead atoms. The van der Waals surface area contributed by atoms with Gasteiger partial charge in [-0.3, -0.25) is 9.97 Å². The second-order valence-corrected chi connectivity index (χ2v) is 6.63. The Kier molecular flexibility index (Phi) is 9.20. The van der Waals surface area contributed by atoms with Crippen LogP contribution >= 0.6 is 0 Å². The zero-order chi connectivity index (χ0) is 17.9. The van der Waals surface area contributed by atoms with Crippen molar-refractivity contribution in [3.63, 3.8) is 0 Å². The van der Waals surface area contributed by atoms with Gasteiger partial charge in [0.05, 0.1) is 13.2 Å². The summed E-state index contributed by atoms with van der Waals surface area (Å²) in [5.74, 6) is 1.39. The Morgan fingerprint density at radius 1 is 0.750 bits per heavy atom. The molecule has 0 fully saturated rings. The van der Waals surface area contributed by atoms with Crippen LogP contribution in [0.4, 0.5) is 0 Å². The van der Waals surface area contributed by atoms with E-state index in [1.807, 2.05) is 30.5 Å². The van der Waals surface area contributed by atoms with Crippen LogP contribution in [0.2, 0.25) is 0 Å². The minimum absolute atomic E-state index is 0.198. The third kappa shape index (κ3) is 6.38. The predicted octanol–water partition coefficient (Wildman–Crippen LogP) is 3.63. The summed E-state index contributed by atoms with van der Waals surface area (Å²) in [5.41, 5.74) is 2.29. The summed E-state index contributed by atoms with van der Waals surface area (Å²) in [6.07, 6.45) is 7.10. The number of pyridine rings is 2. The van der Waals surface area contributed by atoms with E-state index in [9.17, 15) is 0 Å². The molecule has 0 aliphatic rings. The van der Waals surface area contributed by atoms with Gasteiger partial charge < -0.3 is 10.2 Å². The van der Waals surface area contributed by atoms with Crippen molar-refractivity contribution in [3.05, 3.63) is 60.2 Å². The minimum atomic E-state index is 0.198. The quantitative estimate of drug-likeness (QED) is 0.849. The van der Waals surface area contributed by atoms with E-state index in [1.54, 1.807) is 18.6 Å². The van der Waals surface area contributed by atoms with Crippen LogP contribution in [0.15, 0.2) is 49.1 Å². The highest BCUT2D eigenvalue weighted by atomic mass is 16.3. The molecule has 24 heavy (non-hydrogen) atoms. The first-order chi connectivity index (χ1) is 11.5. The molecule has 132 valence electrons. The van der Waals surface area contributed by atoms with E-state index in [1.165, 1.54) is 5.56 Å². The van der Waals surface area contributed by atoms with Crippen molar-refractivity contribution in [3.8, 4) is 0 Å². The molecule has 0 spiro atoms. The molecule has 0 radical (unpaired) electrons. The lowest BCUT2D eigenvalue weighted by atomic mass is 9.90. The SMILES string of the molecule is CC(C)C(CO)c1cccnc1.CC(C)C(CO)c1ccncc1. The average Bonchev–Trinajstić information content (AvgIpc) is 2.58. The molecule has 4 nitrogen and oxygen atoms in total. The van der Waals surface area contributed by atoms with Gasteiger partial charge in [0.25, 0.3) is 0 Å².